The van der Waals surface area contributed by atoms with E-state index in [1.807, 2.05) is 42.6 Å². The Kier molecular flexibility index (Phi) is 11.4. The summed E-state index contributed by atoms with van der Waals surface area (Å²) in [7, 11) is 0. The standard InChI is InChI=1S/C20H28N4O.HI/c1-3-21-20(24-15-12-18-10-6-7-13-22-18)23-14-8-16-25-19-11-5-4-9-17(19)2;/h4-7,9-11,13H,3,8,12,14-16H2,1-2H3,(H2,21,23,24);1H. The molecule has 0 aliphatic heterocycles. The molecule has 0 spiro atoms. The van der Waals surface area contributed by atoms with Gasteiger partial charge in [-0.15, -0.1) is 24.0 Å². The number of aromatic nitrogens is 1. The highest BCUT2D eigenvalue weighted by Crippen LogP contribution is 2.16. The maximum Gasteiger partial charge on any atom is 0.191 e. The van der Waals surface area contributed by atoms with E-state index in [0.29, 0.717) is 6.61 Å². The van der Waals surface area contributed by atoms with Crippen molar-refractivity contribution < 1.29 is 4.74 Å². The zero-order chi connectivity index (χ0) is 17.7. The van der Waals surface area contributed by atoms with Crippen molar-refractivity contribution in [2.24, 2.45) is 4.99 Å². The van der Waals surface area contributed by atoms with Crippen molar-refractivity contribution >= 4 is 29.9 Å². The summed E-state index contributed by atoms with van der Waals surface area (Å²) in [5, 5.41) is 6.61. The molecule has 0 saturated heterocycles. The molecule has 6 heteroatoms. The van der Waals surface area contributed by atoms with Crippen LogP contribution in [-0.4, -0.2) is 37.2 Å². The number of aryl methyl sites for hydroxylation is 1. The molecule has 0 fully saturated rings. The van der Waals surface area contributed by atoms with Gasteiger partial charge in [-0.3, -0.25) is 9.98 Å². The number of aliphatic imine (C=N–C) groups is 1. The Balaban J connectivity index is 0.00000338. The SMILES string of the molecule is CCNC(=NCCCOc1ccccc1C)NCCc1ccccn1.I. The van der Waals surface area contributed by atoms with Crippen LogP contribution in [0.25, 0.3) is 0 Å². The zero-order valence-electron chi connectivity index (χ0n) is 15.6. The van der Waals surface area contributed by atoms with Gasteiger partial charge in [0.05, 0.1) is 6.61 Å². The quantitative estimate of drug-likeness (QED) is 0.256. The molecule has 142 valence electrons. The van der Waals surface area contributed by atoms with Gasteiger partial charge in [0.1, 0.15) is 5.75 Å². The van der Waals surface area contributed by atoms with Crippen molar-refractivity contribution in [2.75, 3.05) is 26.2 Å². The molecule has 2 N–H and O–H groups in total. The number of rotatable bonds is 9. The van der Waals surface area contributed by atoms with Crippen LogP contribution in [0.1, 0.15) is 24.6 Å². The van der Waals surface area contributed by atoms with Crippen LogP contribution in [-0.2, 0) is 6.42 Å². The largest absolute Gasteiger partial charge is 0.493 e. The second-order valence-electron chi connectivity index (χ2n) is 5.73. The van der Waals surface area contributed by atoms with Crippen molar-refractivity contribution in [2.45, 2.75) is 26.7 Å². The second-order valence-corrected chi connectivity index (χ2v) is 5.73. The van der Waals surface area contributed by atoms with Gasteiger partial charge < -0.3 is 15.4 Å². The summed E-state index contributed by atoms with van der Waals surface area (Å²) in [6.45, 7) is 7.17. The van der Waals surface area contributed by atoms with E-state index < -0.39 is 0 Å². The van der Waals surface area contributed by atoms with E-state index in [1.165, 1.54) is 0 Å². The number of para-hydroxylation sites is 1. The van der Waals surface area contributed by atoms with Crippen LogP contribution in [0.15, 0.2) is 53.7 Å². The van der Waals surface area contributed by atoms with Gasteiger partial charge in [-0.05, 0) is 37.6 Å². The van der Waals surface area contributed by atoms with Crippen LogP contribution in [0.4, 0.5) is 0 Å². The van der Waals surface area contributed by atoms with Crippen molar-refractivity contribution in [3.8, 4) is 5.75 Å². The zero-order valence-corrected chi connectivity index (χ0v) is 17.9. The highest BCUT2D eigenvalue weighted by molar-refractivity contribution is 14.0. The number of benzene rings is 1. The van der Waals surface area contributed by atoms with Crippen molar-refractivity contribution in [3.05, 3.63) is 59.9 Å². The Labute approximate surface area is 173 Å². The lowest BCUT2D eigenvalue weighted by Gasteiger charge is -2.11. The molecule has 0 bridgehead atoms. The number of pyridine rings is 1. The lowest BCUT2D eigenvalue weighted by Crippen LogP contribution is -2.38. The minimum absolute atomic E-state index is 0. The lowest BCUT2D eigenvalue weighted by molar-refractivity contribution is 0.311. The summed E-state index contributed by atoms with van der Waals surface area (Å²) in [6.07, 6.45) is 3.58. The Morgan fingerprint density at radius 1 is 1.12 bits per heavy atom. The van der Waals surface area contributed by atoms with E-state index in [0.717, 1.165) is 55.4 Å². The molecule has 0 atom stereocenters. The molecule has 2 rings (SSSR count). The highest BCUT2D eigenvalue weighted by atomic mass is 127. The van der Waals surface area contributed by atoms with Gasteiger partial charge in [0, 0.05) is 44.4 Å². The Morgan fingerprint density at radius 3 is 2.65 bits per heavy atom. The molecule has 0 radical (unpaired) electrons. The number of nitrogens with zero attached hydrogens (tertiary/aromatic N) is 2. The molecule has 0 unspecified atom stereocenters. The predicted octanol–water partition coefficient (Wildman–Crippen LogP) is 3.57. The van der Waals surface area contributed by atoms with E-state index in [4.69, 9.17) is 4.74 Å². The monoisotopic (exact) mass is 468 g/mol. The number of guanidine groups is 1. The van der Waals surface area contributed by atoms with Gasteiger partial charge in [-0.25, -0.2) is 0 Å². The fourth-order valence-electron chi connectivity index (χ4n) is 2.35. The highest BCUT2D eigenvalue weighted by Gasteiger charge is 1.99. The maximum absolute atomic E-state index is 5.80. The third-order valence-corrected chi connectivity index (χ3v) is 3.67. The molecule has 5 nitrogen and oxygen atoms in total. The minimum atomic E-state index is 0. The van der Waals surface area contributed by atoms with Crippen molar-refractivity contribution in [3.63, 3.8) is 0 Å². The molecule has 2 aromatic rings. The van der Waals surface area contributed by atoms with E-state index in [-0.39, 0.29) is 24.0 Å². The molecule has 1 aromatic heterocycles. The molecule has 0 aliphatic carbocycles. The summed E-state index contributed by atoms with van der Waals surface area (Å²) < 4.78 is 5.80. The van der Waals surface area contributed by atoms with Crippen LogP contribution in [0.2, 0.25) is 0 Å². The van der Waals surface area contributed by atoms with Gasteiger partial charge in [0.2, 0.25) is 0 Å². The molecule has 0 aliphatic rings. The number of nitrogens with one attached hydrogen (secondary N) is 2. The molecular weight excluding hydrogens is 439 g/mol. The summed E-state index contributed by atoms with van der Waals surface area (Å²) >= 11 is 0. The van der Waals surface area contributed by atoms with Gasteiger partial charge >= 0.3 is 0 Å². The molecule has 1 heterocycles. The fraction of sp³-hybridized carbons (Fsp3) is 0.400. The Morgan fingerprint density at radius 2 is 1.92 bits per heavy atom. The van der Waals surface area contributed by atoms with E-state index in [9.17, 15) is 0 Å². The van der Waals surface area contributed by atoms with Crippen LogP contribution in [0, 0.1) is 6.92 Å². The number of hydrogen-bond donors (Lipinski definition) is 2. The molecule has 1 aromatic carbocycles. The first kappa shape index (κ1) is 22.2. The van der Waals surface area contributed by atoms with Crippen molar-refractivity contribution in [1.29, 1.82) is 0 Å². The third-order valence-electron chi connectivity index (χ3n) is 3.67. The van der Waals surface area contributed by atoms with Gasteiger partial charge in [0.15, 0.2) is 5.96 Å². The topological polar surface area (TPSA) is 58.5 Å². The van der Waals surface area contributed by atoms with Gasteiger partial charge in [-0.2, -0.15) is 0 Å². The van der Waals surface area contributed by atoms with Crippen molar-refractivity contribution in [1.82, 2.24) is 15.6 Å². The average molecular weight is 468 g/mol. The lowest BCUT2D eigenvalue weighted by atomic mass is 10.2. The Bertz CT molecular complexity index is 649. The molecule has 0 amide bonds. The fourth-order valence-corrected chi connectivity index (χ4v) is 2.35. The maximum atomic E-state index is 5.80. The minimum Gasteiger partial charge on any atom is -0.493 e. The van der Waals surface area contributed by atoms with Gasteiger partial charge in [0.25, 0.3) is 0 Å². The first-order valence-corrected chi connectivity index (χ1v) is 8.90. The van der Waals surface area contributed by atoms with E-state index in [2.05, 4.69) is 40.5 Å². The summed E-state index contributed by atoms with van der Waals surface area (Å²) in [5.74, 6) is 1.79. The normalized spacial score (nSPS) is 10.8. The smallest absolute Gasteiger partial charge is 0.191 e. The van der Waals surface area contributed by atoms with Crippen LogP contribution < -0.4 is 15.4 Å². The Hall–Kier alpha value is -1.83. The molecule has 0 saturated carbocycles. The first-order chi connectivity index (χ1) is 12.3. The summed E-state index contributed by atoms with van der Waals surface area (Å²) in [6, 6.07) is 14.1. The summed E-state index contributed by atoms with van der Waals surface area (Å²) in [4.78, 5) is 8.92. The van der Waals surface area contributed by atoms with E-state index >= 15 is 0 Å². The first-order valence-electron chi connectivity index (χ1n) is 8.90. The average Bonchev–Trinajstić information content (AvgIpc) is 2.64. The third kappa shape index (κ3) is 8.51. The van der Waals surface area contributed by atoms with Crippen LogP contribution in [0.5, 0.6) is 5.75 Å². The molecule has 26 heavy (non-hydrogen) atoms. The number of hydrogen-bond acceptors (Lipinski definition) is 3. The summed E-state index contributed by atoms with van der Waals surface area (Å²) in [5.41, 5.74) is 2.24. The van der Waals surface area contributed by atoms with Crippen LogP contribution >= 0.6 is 24.0 Å². The van der Waals surface area contributed by atoms with E-state index in [1.54, 1.807) is 0 Å². The predicted molar refractivity (Wildman–Crippen MR) is 119 cm³/mol. The number of halogens is 1. The van der Waals surface area contributed by atoms with Crippen LogP contribution in [0.3, 0.4) is 0 Å². The molecular formula is C20H29IN4O. The van der Waals surface area contributed by atoms with Gasteiger partial charge in [-0.1, -0.05) is 24.3 Å². The second kappa shape index (κ2) is 13.4. The number of ether oxygens (including phenoxy) is 1.